The third-order valence-corrected chi connectivity index (χ3v) is 4.55. The number of hydrogen-bond donors (Lipinski definition) is 0. The number of nitrogens with zero attached hydrogens (tertiary/aromatic N) is 2. The zero-order valence-electron chi connectivity index (χ0n) is 13.5. The molecule has 4 nitrogen and oxygen atoms in total. The van der Waals surface area contributed by atoms with Crippen molar-refractivity contribution in [2.24, 2.45) is 0 Å². The Balaban J connectivity index is 1.29. The second kappa shape index (κ2) is 8.51. The average Bonchev–Trinajstić information content (AvgIpc) is 2.61. The molecule has 0 unspecified atom stereocenters. The SMILES string of the molecule is c1ccc(N2CCN(CCCCC3OCCCO3)CC2)cc1. The van der Waals surface area contributed by atoms with Crippen molar-refractivity contribution in [1.82, 2.24) is 4.90 Å². The minimum Gasteiger partial charge on any atom is -0.369 e. The summed E-state index contributed by atoms with van der Waals surface area (Å²) in [5.41, 5.74) is 1.36. The van der Waals surface area contributed by atoms with Crippen LogP contribution >= 0.6 is 0 Å². The van der Waals surface area contributed by atoms with Crippen molar-refractivity contribution in [2.75, 3.05) is 50.8 Å². The first-order chi connectivity index (χ1) is 10.9. The molecule has 0 spiro atoms. The standard InChI is InChI=1S/C18H28N2O2/c1-2-7-17(8-3-1)20-13-11-19(12-14-20)10-5-4-9-18-21-15-6-16-22-18/h1-3,7-8,18H,4-6,9-16H2. The molecule has 22 heavy (non-hydrogen) atoms. The van der Waals surface area contributed by atoms with E-state index in [4.69, 9.17) is 9.47 Å². The Kier molecular flexibility index (Phi) is 6.11. The second-order valence-electron chi connectivity index (χ2n) is 6.18. The van der Waals surface area contributed by atoms with Gasteiger partial charge in [-0.2, -0.15) is 0 Å². The zero-order valence-corrected chi connectivity index (χ0v) is 13.5. The maximum atomic E-state index is 5.59. The molecule has 0 radical (unpaired) electrons. The van der Waals surface area contributed by atoms with E-state index in [0.717, 1.165) is 39.1 Å². The number of rotatable bonds is 6. The molecule has 0 aliphatic carbocycles. The topological polar surface area (TPSA) is 24.9 Å². The van der Waals surface area contributed by atoms with E-state index < -0.39 is 0 Å². The molecule has 0 N–H and O–H groups in total. The van der Waals surface area contributed by atoms with Gasteiger partial charge in [0.1, 0.15) is 0 Å². The van der Waals surface area contributed by atoms with Gasteiger partial charge in [-0.25, -0.2) is 0 Å². The summed E-state index contributed by atoms with van der Waals surface area (Å²) in [6.45, 7) is 7.56. The van der Waals surface area contributed by atoms with Crippen LogP contribution in [0.2, 0.25) is 0 Å². The molecule has 2 saturated heterocycles. The van der Waals surface area contributed by atoms with Gasteiger partial charge < -0.3 is 14.4 Å². The van der Waals surface area contributed by atoms with E-state index in [1.807, 2.05) is 0 Å². The van der Waals surface area contributed by atoms with Gasteiger partial charge in [0, 0.05) is 31.9 Å². The molecule has 4 heteroatoms. The van der Waals surface area contributed by atoms with Crippen molar-refractivity contribution in [3.05, 3.63) is 30.3 Å². The lowest BCUT2D eigenvalue weighted by Gasteiger charge is -2.36. The van der Waals surface area contributed by atoms with Crippen LogP contribution < -0.4 is 4.90 Å². The molecule has 3 rings (SSSR count). The molecule has 1 aromatic rings. The average molecular weight is 304 g/mol. The number of piperazine rings is 1. The van der Waals surface area contributed by atoms with E-state index in [1.54, 1.807) is 0 Å². The van der Waals surface area contributed by atoms with Crippen molar-refractivity contribution in [2.45, 2.75) is 32.0 Å². The highest BCUT2D eigenvalue weighted by atomic mass is 16.7. The smallest absolute Gasteiger partial charge is 0.157 e. The first-order valence-corrected chi connectivity index (χ1v) is 8.67. The van der Waals surface area contributed by atoms with Crippen LogP contribution in [0.3, 0.4) is 0 Å². The van der Waals surface area contributed by atoms with E-state index in [2.05, 4.69) is 40.1 Å². The Labute approximate surface area is 134 Å². The Hall–Kier alpha value is -1.10. The van der Waals surface area contributed by atoms with E-state index in [-0.39, 0.29) is 6.29 Å². The maximum absolute atomic E-state index is 5.59. The molecule has 0 amide bonds. The largest absolute Gasteiger partial charge is 0.369 e. The van der Waals surface area contributed by atoms with Crippen LogP contribution in [0.1, 0.15) is 25.7 Å². The van der Waals surface area contributed by atoms with Crippen molar-refractivity contribution in [3.63, 3.8) is 0 Å². The number of ether oxygens (including phenoxy) is 2. The molecule has 0 saturated carbocycles. The van der Waals surface area contributed by atoms with Gasteiger partial charge in [0.05, 0.1) is 13.2 Å². The zero-order chi connectivity index (χ0) is 15.0. The highest BCUT2D eigenvalue weighted by Gasteiger charge is 2.17. The van der Waals surface area contributed by atoms with Crippen LogP contribution in [-0.4, -0.2) is 57.1 Å². The number of anilines is 1. The highest BCUT2D eigenvalue weighted by molar-refractivity contribution is 5.46. The molecule has 2 aliphatic heterocycles. The van der Waals surface area contributed by atoms with Crippen molar-refractivity contribution in [3.8, 4) is 0 Å². The second-order valence-corrected chi connectivity index (χ2v) is 6.18. The molecule has 2 heterocycles. The summed E-state index contributed by atoms with van der Waals surface area (Å²) in [5.74, 6) is 0. The molecule has 2 aliphatic rings. The predicted molar refractivity (Wildman–Crippen MR) is 89.3 cm³/mol. The molecule has 2 fully saturated rings. The summed E-state index contributed by atoms with van der Waals surface area (Å²) in [5, 5.41) is 0. The van der Waals surface area contributed by atoms with E-state index >= 15 is 0 Å². The molecule has 0 bridgehead atoms. The number of para-hydroxylation sites is 1. The van der Waals surface area contributed by atoms with E-state index in [9.17, 15) is 0 Å². The van der Waals surface area contributed by atoms with Gasteiger partial charge in [-0.1, -0.05) is 18.2 Å². The normalized spacial score (nSPS) is 21.2. The minimum absolute atomic E-state index is 0.0590. The van der Waals surface area contributed by atoms with Crippen LogP contribution in [0.25, 0.3) is 0 Å². The molecule has 0 aromatic heterocycles. The first kappa shape index (κ1) is 15.8. The van der Waals surface area contributed by atoms with Gasteiger partial charge in [-0.05, 0) is 44.4 Å². The Morgan fingerprint density at radius 3 is 2.36 bits per heavy atom. The number of unbranched alkanes of at least 4 members (excludes halogenated alkanes) is 1. The quantitative estimate of drug-likeness (QED) is 0.755. The summed E-state index contributed by atoms with van der Waals surface area (Å²) in [6, 6.07) is 10.7. The molecule has 122 valence electrons. The molecular weight excluding hydrogens is 276 g/mol. The molecule has 1 aromatic carbocycles. The van der Waals surface area contributed by atoms with Gasteiger partial charge >= 0.3 is 0 Å². The van der Waals surface area contributed by atoms with Crippen molar-refractivity contribution >= 4 is 5.69 Å². The van der Waals surface area contributed by atoms with Crippen LogP contribution in [-0.2, 0) is 9.47 Å². The predicted octanol–water partition coefficient (Wildman–Crippen LogP) is 2.74. The Morgan fingerprint density at radius 2 is 1.64 bits per heavy atom. The summed E-state index contributed by atoms with van der Waals surface area (Å²) in [6.07, 6.45) is 4.59. The lowest BCUT2D eigenvalue weighted by molar-refractivity contribution is -0.181. The molecule has 0 atom stereocenters. The number of hydrogen-bond acceptors (Lipinski definition) is 4. The van der Waals surface area contributed by atoms with Gasteiger partial charge in [0.25, 0.3) is 0 Å². The van der Waals surface area contributed by atoms with Crippen LogP contribution in [0.4, 0.5) is 5.69 Å². The lowest BCUT2D eigenvalue weighted by Crippen LogP contribution is -2.46. The Morgan fingerprint density at radius 1 is 0.909 bits per heavy atom. The fraction of sp³-hybridized carbons (Fsp3) is 0.667. The van der Waals surface area contributed by atoms with Gasteiger partial charge in [-0.3, -0.25) is 4.90 Å². The van der Waals surface area contributed by atoms with Gasteiger partial charge in [0.2, 0.25) is 0 Å². The van der Waals surface area contributed by atoms with E-state index in [1.165, 1.54) is 38.2 Å². The van der Waals surface area contributed by atoms with Crippen LogP contribution in [0.15, 0.2) is 30.3 Å². The summed E-state index contributed by atoms with van der Waals surface area (Å²) in [4.78, 5) is 5.07. The minimum atomic E-state index is 0.0590. The van der Waals surface area contributed by atoms with Gasteiger partial charge in [0.15, 0.2) is 6.29 Å². The van der Waals surface area contributed by atoms with Gasteiger partial charge in [-0.15, -0.1) is 0 Å². The first-order valence-electron chi connectivity index (χ1n) is 8.67. The van der Waals surface area contributed by atoms with E-state index in [0.29, 0.717) is 0 Å². The fourth-order valence-electron chi connectivity index (χ4n) is 3.22. The fourth-order valence-corrected chi connectivity index (χ4v) is 3.22. The number of benzene rings is 1. The summed E-state index contributed by atoms with van der Waals surface area (Å²) < 4.78 is 11.2. The van der Waals surface area contributed by atoms with Crippen molar-refractivity contribution < 1.29 is 9.47 Å². The third-order valence-electron chi connectivity index (χ3n) is 4.55. The monoisotopic (exact) mass is 304 g/mol. The lowest BCUT2D eigenvalue weighted by atomic mass is 10.2. The van der Waals surface area contributed by atoms with Crippen LogP contribution in [0.5, 0.6) is 0 Å². The summed E-state index contributed by atoms with van der Waals surface area (Å²) >= 11 is 0. The Bertz CT molecular complexity index is 412. The summed E-state index contributed by atoms with van der Waals surface area (Å²) in [7, 11) is 0. The highest BCUT2D eigenvalue weighted by Crippen LogP contribution is 2.16. The maximum Gasteiger partial charge on any atom is 0.157 e. The molecular formula is C18H28N2O2. The van der Waals surface area contributed by atoms with Crippen LogP contribution in [0, 0.1) is 0 Å². The third kappa shape index (κ3) is 4.70. The van der Waals surface area contributed by atoms with Crippen molar-refractivity contribution in [1.29, 1.82) is 0 Å².